The van der Waals surface area contributed by atoms with Crippen LogP contribution in [-0.2, 0) is 24.8 Å². The Morgan fingerprint density at radius 2 is 2.00 bits per heavy atom. The van der Waals surface area contributed by atoms with Gasteiger partial charge < -0.3 is 10.2 Å². The molecule has 158 valence electrons. The van der Waals surface area contributed by atoms with E-state index >= 15 is 0 Å². The van der Waals surface area contributed by atoms with Crippen molar-refractivity contribution in [3.05, 3.63) is 71.0 Å². The molecule has 2 aliphatic rings. The van der Waals surface area contributed by atoms with Crippen LogP contribution in [0.15, 0.2) is 48.7 Å². The number of aryl methyl sites for hydroxylation is 2. The van der Waals surface area contributed by atoms with E-state index in [0.717, 1.165) is 30.5 Å². The minimum atomic E-state index is -0.573. The van der Waals surface area contributed by atoms with Gasteiger partial charge in [0.2, 0.25) is 5.91 Å². The molecule has 31 heavy (non-hydrogen) atoms. The van der Waals surface area contributed by atoms with Gasteiger partial charge in [-0.25, -0.2) is 4.98 Å². The number of carbonyl (C=O) groups is 2. The maximum Gasteiger partial charge on any atom is 0.273 e. The molecule has 0 saturated carbocycles. The summed E-state index contributed by atoms with van der Waals surface area (Å²) in [7, 11) is 1.84. The van der Waals surface area contributed by atoms with Gasteiger partial charge >= 0.3 is 0 Å². The molecule has 2 aromatic heterocycles. The number of pyridine rings is 1. The van der Waals surface area contributed by atoms with Crippen molar-refractivity contribution < 1.29 is 9.59 Å². The first kappa shape index (κ1) is 19.5. The fourth-order valence-corrected chi connectivity index (χ4v) is 4.61. The fourth-order valence-electron chi connectivity index (χ4n) is 4.61. The van der Waals surface area contributed by atoms with E-state index in [1.807, 2.05) is 37.4 Å². The summed E-state index contributed by atoms with van der Waals surface area (Å²) in [6.07, 6.45) is 4.71. The molecule has 0 spiro atoms. The van der Waals surface area contributed by atoms with Gasteiger partial charge in [-0.1, -0.05) is 30.3 Å². The lowest BCUT2D eigenvalue weighted by Gasteiger charge is -2.29. The van der Waals surface area contributed by atoms with Crippen LogP contribution in [0.4, 0.5) is 0 Å². The summed E-state index contributed by atoms with van der Waals surface area (Å²) in [5.74, 6) is -0.333. The van der Waals surface area contributed by atoms with Crippen LogP contribution >= 0.6 is 0 Å². The van der Waals surface area contributed by atoms with Gasteiger partial charge in [0.05, 0.1) is 17.4 Å². The summed E-state index contributed by atoms with van der Waals surface area (Å²) >= 11 is 0. The first-order valence-electron chi connectivity index (χ1n) is 10.7. The average molecular weight is 415 g/mol. The molecule has 2 atom stereocenters. The van der Waals surface area contributed by atoms with Crippen LogP contribution in [0.5, 0.6) is 0 Å². The van der Waals surface area contributed by atoms with Gasteiger partial charge in [-0.15, -0.1) is 0 Å². The number of amides is 2. The van der Waals surface area contributed by atoms with Gasteiger partial charge in [-0.2, -0.15) is 5.10 Å². The Morgan fingerprint density at radius 3 is 2.81 bits per heavy atom. The third-order valence-electron chi connectivity index (χ3n) is 6.40. The molecule has 0 unspecified atom stereocenters. The molecule has 1 aliphatic heterocycles. The van der Waals surface area contributed by atoms with Crippen LogP contribution in [0.1, 0.15) is 53.0 Å². The molecule has 7 nitrogen and oxygen atoms in total. The highest BCUT2D eigenvalue weighted by molar-refractivity contribution is 6.00. The van der Waals surface area contributed by atoms with E-state index in [4.69, 9.17) is 0 Å². The van der Waals surface area contributed by atoms with Crippen molar-refractivity contribution in [1.82, 2.24) is 25.0 Å². The molecule has 3 heterocycles. The fraction of sp³-hybridized carbons (Fsp3) is 0.333. The number of benzene rings is 1. The summed E-state index contributed by atoms with van der Waals surface area (Å²) < 4.78 is 1.73. The number of carbonyl (C=O) groups excluding carboxylic acids is 2. The lowest BCUT2D eigenvalue weighted by molar-refractivity contribution is -0.126. The molecule has 1 aliphatic carbocycles. The first-order chi connectivity index (χ1) is 15.0. The molecule has 7 heteroatoms. The van der Waals surface area contributed by atoms with Crippen molar-refractivity contribution in [2.24, 2.45) is 7.05 Å². The van der Waals surface area contributed by atoms with E-state index < -0.39 is 6.04 Å². The maximum absolute atomic E-state index is 13.1. The lowest BCUT2D eigenvalue weighted by atomic mass is 9.87. The normalized spacial score (nSPS) is 18.5. The van der Waals surface area contributed by atoms with Crippen molar-refractivity contribution in [3.63, 3.8) is 0 Å². The van der Waals surface area contributed by atoms with Gasteiger partial charge in [0.1, 0.15) is 11.7 Å². The molecule has 1 N–H and O–H groups in total. The van der Waals surface area contributed by atoms with E-state index in [-0.39, 0.29) is 17.9 Å². The molecule has 0 fully saturated rings. The zero-order valence-electron chi connectivity index (χ0n) is 17.7. The van der Waals surface area contributed by atoms with Crippen molar-refractivity contribution in [2.75, 3.05) is 0 Å². The molecule has 0 bridgehead atoms. The van der Waals surface area contributed by atoms with Gasteiger partial charge in [0.25, 0.3) is 5.91 Å². The zero-order chi connectivity index (χ0) is 21.5. The van der Waals surface area contributed by atoms with Crippen LogP contribution in [-0.4, -0.2) is 37.5 Å². The Hall–Kier alpha value is -3.48. The summed E-state index contributed by atoms with van der Waals surface area (Å²) in [5.41, 5.74) is 5.29. The summed E-state index contributed by atoms with van der Waals surface area (Å²) in [5, 5.41) is 7.35. The third-order valence-corrected chi connectivity index (χ3v) is 6.40. The highest BCUT2D eigenvalue weighted by Gasteiger charge is 2.36. The quantitative estimate of drug-likeness (QED) is 0.710. The van der Waals surface area contributed by atoms with E-state index in [1.54, 1.807) is 22.7 Å². The Balaban J connectivity index is 1.33. The second-order valence-corrected chi connectivity index (χ2v) is 8.31. The lowest BCUT2D eigenvalue weighted by Crippen LogP contribution is -2.46. The van der Waals surface area contributed by atoms with Crippen molar-refractivity contribution in [2.45, 2.75) is 44.8 Å². The molecule has 1 aromatic carbocycles. The predicted molar refractivity (Wildman–Crippen MR) is 116 cm³/mol. The topological polar surface area (TPSA) is 80.1 Å². The third kappa shape index (κ3) is 3.40. The Kier molecular flexibility index (Phi) is 4.81. The minimum absolute atomic E-state index is 0.00505. The Bertz CT molecular complexity index is 1170. The number of hydrogen-bond acceptors (Lipinski definition) is 4. The molecule has 0 radical (unpaired) electrons. The van der Waals surface area contributed by atoms with Gasteiger partial charge in [-0.05, 0) is 49.4 Å². The van der Waals surface area contributed by atoms with Crippen LogP contribution in [0.2, 0.25) is 0 Å². The standard InChI is InChI=1S/C24H25N5O2/c1-15(23(30)27-19-9-5-7-16-6-3-4-8-18(16)19)29-14-17-10-11-20(26-22(17)24(29)31)21-12-13-25-28(21)2/h3-4,6,8,10-13,15,19H,5,7,9,14H2,1-2H3,(H,27,30)/t15-,19-/m1/s1. The second kappa shape index (κ2) is 7.65. The molecule has 3 aromatic rings. The molecule has 0 saturated heterocycles. The van der Waals surface area contributed by atoms with Crippen LogP contribution < -0.4 is 5.32 Å². The number of fused-ring (bicyclic) bond motifs is 2. The highest BCUT2D eigenvalue weighted by atomic mass is 16.2. The van der Waals surface area contributed by atoms with Crippen LogP contribution in [0, 0.1) is 0 Å². The van der Waals surface area contributed by atoms with E-state index in [0.29, 0.717) is 17.9 Å². The van der Waals surface area contributed by atoms with E-state index in [9.17, 15) is 9.59 Å². The number of rotatable bonds is 4. The van der Waals surface area contributed by atoms with E-state index in [2.05, 4.69) is 27.5 Å². The zero-order valence-corrected chi connectivity index (χ0v) is 17.7. The van der Waals surface area contributed by atoms with Crippen LogP contribution in [0.25, 0.3) is 11.4 Å². The Morgan fingerprint density at radius 1 is 1.16 bits per heavy atom. The molecular formula is C24H25N5O2. The van der Waals surface area contributed by atoms with Gasteiger partial charge in [0.15, 0.2) is 0 Å². The largest absolute Gasteiger partial charge is 0.348 e. The molecular weight excluding hydrogens is 390 g/mol. The number of hydrogen-bond donors (Lipinski definition) is 1. The van der Waals surface area contributed by atoms with Gasteiger partial charge in [-0.3, -0.25) is 14.3 Å². The first-order valence-corrected chi connectivity index (χ1v) is 10.7. The number of aromatic nitrogens is 3. The second-order valence-electron chi connectivity index (χ2n) is 8.31. The number of nitrogens with zero attached hydrogens (tertiary/aromatic N) is 4. The Labute approximate surface area is 181 Å². The van der Waals surface area contributed by atoms with Crippen molar-refractivity contribution in [3.8, 4) is 11.4 Å². The maximum atomic E-state index is 13.1. The number of nitrogens with one attached hydrogen (secondary N) is 1. The highest BCUT2D eigenvalue weighted by Crippen LogP contribution is 2.30. The molecule has 2 amide bonds. The average Bonchev–Trinajstić information content (AvgIpc) is 3.36. The summed E-state index contributed by atoms with van der Waals surface area (Å²) in [6.45, 7) is 2.18. The monoisotopic (exact) mass is 415 g/mol. The SMILES string of the molecule is C[C@H](C(=O)N[C@@H]1CCCc2ccccc21)N1Cc2ccc(-c3ccnn3C)nc2C1=O. The summed E-state index contributed by atoms with van der Waals surface area (Å²) in [6, 6.07) is 13.4. The molecule has 5 rings (SSSR count). The predicted octanol–water partition coefficient (Wildman–Crippen LogP) is 3.02. The van der Waals surface area contributed by atoms with Crippen molar-refractivity contribution in [1.29, 1.82) is 0 Å². The van der Waals surface area contributed by atoms with E-state index in [1.165, 1.54) is 11.1 Å². The minimum Gasteiger partial charge on any atom is -0.348 e. The van der Waals surface area contributed by atoms with Gasteiger partial charge in [0, 0.05) is 25.4 Å². The summed E-state index contributed by atoms with van der Waals surface area (Å²) in [4.78, 5) is 32.4. The van der Waals surface area contributed by atoms with Crippen LogP contribution in [0.3, 0.4) is 0 Å². The van der Waals surface area contributed by atoms with Crippen molar-refractivity contribution >= 4 is 11.8 Å². The smallest absolute Gasteiger partial charge is 0.273 e.